The molecule has 0 radical (unpaired) electrons. The van der Waals surface area contributed by atoms with Gasteiger partial charge in [-0.2, -0.15) is 0 Å². The van der Waals surface area contributed by atoms with E-state index in [1.165, 1.54) is 5.39 Å². The van der Waals surface area contributed by atoms with Crippen LogP contribution < -0.4 is 0 Å². The second kappa shape index (κ2) is 8.39. The summed E-state index contributed by atoms with van der Waals surface area (Å²) in [7, 11) is 0. The Hall–Kier alpha value is -2.82. The minimum absolute atomic E-state index is 0.0237. The molecular formula is C30H41N5. The first-order valence-electron chi connectivity index (χ1n) is 12.7. The fourth-order valence-corrected chi connectivity index (χ4v) is 4.69. The lowest BCUT2D eigenvalue weighted by atomic mass is 9.75. The second-order valence-corrected chi connectivity index (χ2v) is 13.4. The molecule has 0 bridgehead atoms. The number of imidazole rings is 1. The van der Waals surface area contributed by atoms with Crippen LogP contribution in [0, 0.1) is 0 Å². The summed E-state index contributed by atoms with van der Waals surface area (Å²) in [6.45, 7) is 22.4. The molecule has 0 saturated carbocycles. The fourth-order valence-electron chi connectivity index (χ4n) is 4.69. The Morgan fingerprint density at radius 1 is 0.714 bits per heavy atom. The Morgan fingerprint density at radius 2 is 1.34 bits per heavy atom. The van der Waals surface area contributed by atoms with E-state index >= 15 is 0 Å². The first-order valence-corrected chi connectivity index (χ1v) is 12.7. The van der Waals surface area contributed by atoms with Gasteiger partial charge in [0.1, 0.15) is 11.3 Å². The van der Waals surface area contributed by atoms with Gasteiger partial charge in [0.15, 0.2) is 0 Å². The predicted molar refractivity (Wildman–Crippen MR) is 146 cm³/mol. The highest BCUT2D eigenvalue weighted by atomic mass is 15.0. The quantitative estimate of drug-likeness (QED) is 0.326. The molecule has 0 unspecified atom stereocenters. The number of nitrogens with zero attached hydrogens (tertiary/aromatic N) is 4. The van der Waals surface area contributed by atoms with Crippen molar-refractivity contribution in [1.29, 1.82) is 0 Å². The van der Waals surface area contributed by atoms with Gasteiger partial charge in [-0.25, -0.2) is 4.98 Å². The van der Waals surface area contributed by atoms with E-state index in [0.29, 0.717) is 0 Å². The van der Waals surface area contributed by atoms with E-state index in [0.717, 1.165) is 52.2 Å². The minimum atomic E-state index is -0.129. The van der Waals surface area contributed by atoms with Crippen molar-refractivity contribution in [2.75, 3.05) is 0 Å². The Morgan fingerprint density at radius 3 is 2.00 bits per heavy atom. The standard InChI is InChI=1S/C30H41N5/c1-27(2,3)24-20-17-22(33-18-19(20)11-15-31-24)29(7,8)13-14-30(9,10)25-23-21(12-16-32-25)34-26(35-23)28(4,5)6/h11-12,15-18H,13-14H2,1-10H3,(H,34,35). The molecule has 0 saturated heterocycles. The van der Waals surface area contributed by atoms with Crippen LogP contribution in [0.4, 0.5) is 0 Å². The van der Waals surface area contributed by atoms with Gasteiger partial charge in [0.05, 0.1) is 16.9 Å². The van der Waals surface area contributed by atoms with Crippen LogP contribution in [0.1, 0.15) is 105 Å². The molecule has 4 aromatic rings. The maximum Gasteiger partial charge on any atom is 0.112 e. The Balaban J connectivity index is 1.65. The van der Waals surface area contributed by atoms with Gasteiger partial charge in [-0.3, -0.25) is 15.0 Å². The van der Waals surface area contributed by atoms with Crippen LogP contribution in [0.3, 0.4) is 0 Å². The van der Waals surface area contributed by atoms with E-state index in [4.69, 9.17) is 19.9 Å². The molecule has 186 valence electrons. The summed E-state index contributed by atoms with van der Waals surface area (Å²) in [5, 5.41) is 2.35. The molecule has 0 spiro atoms. The summed E-state index contributed by atoms with van der Waals surface area (Å²) < 4.78 is 0. The van der Waals surface area contributed by atoms with Gasteiger partial charge in [0.2, 0.25) is 0 Å². The number of rotatable bonds is 5. The minimum Gasteiger partial charge on any atom is -0.341 e. The fraction of sp³-hybridized carbons (Fsp3) is 0.533. The molecule has 0 atom stereocenters. The SMILES string of the molecule is CC(C)(C)c1nc2c(C(C)(C)CCC(C)(C)c3cc4c(C(C)(C)C)nccc4cn3)nccc2[nH]1. The number of hydrogen-bond acceptors (Lipinski definition) is 4. The number of hydrogen-bond donors (Lipinski definition) is 1. The molecule has 5 nitrogen and oxygen atoms in total. The Labute approximate surface area is 210 Å². The summed E-state index contributed by atoms with van der Waals surface area (Å²) in [5.74, 6) is 1.00. The molecular weight excluding hydrogens is 430 g/mol. The molecule has 0 aromatic carbocycles. The molecule has 0 amide bonds. The monoisotopic (exact) mass is 471 g/mol. The molecule has 0 aliphatic carbocycles. The lowest BCUT2D eigenvalue weighted by molar-refractivity contribution is 0.365. The summed E-state index contributed by atoms with van der Waals surface area (Å²) >= 11 is 0. The van der Waals surface area contributed by atoms with Crippen LogP contribution in [0.25, 0.3) is 21.8 Å². The van der Waals surface area contributed by atoms with Gasteiger partial charge >= 0.3 is 0 Å². The van der Waals surface area contributed by atoms with Gasteiger partial charge < -0.3 is 4.98 Å². The van der Waals surface area contributed by atoms with Gasteiger partial charge in [0.25, 0.3) is 0 Å². The molecule has 4 heterocycles. The Bertz CT molecular complexity index is 1360. The van der Waals surface area contributed by atoms with Crippen molar-refractivity contribution in [3.8, 4) is 0 Å². The van der Waals surface area contributed by atoms with Crippen LogP contribution in [-0.4, -0.2) is 24.9 Å². The third-order valence-electron chi connectivity index (χ3n) is 7.18. The van der Waals surface area contributed by atoms with Gasteiger partial charge in [-0.1, -0.05) is 69.2 Å². The van der Waals surface area contributed by atoms with Crippen molar-refractivity contribution in [1.82, 2.24) is 24.9 Å². The molecule has 5 heteroatoms. The van der Waals surface area contributed by atoms with Crippen LogP contribution >= 0.6 is 0 Å². The second-order valence-electron chi connectivity index (χ2n) is 13.4. The average molecular weight is 472 g/mol. The van der Waals surface area contributed by atoms with Crippen LogP contribution in [0.2, 0.25) is 0 Å². The number of pyridine rings is 3. The normalized spacial score (nSPS) is 13.7. The lowest BCUT2D eigenvalue weighted by Crippen LogP contribution is -2.26. The van der Waals surface area contributed by atoms with E-state index in [-0.39, 0.29) is 21.7 Å². The predicted octanol–water partition coefficient (Wildman–Crippen LogP) is 7.53. The van der Waals surface area contributed by atoms with Gasteiger partial charge in [-0.15, -0.1) is 0 Å². The molecule has 0 aliphatic rings. The van der Waals surface area contributed by atoms with Crippen molar-refractivity contribution >= 4 is 21.8 Å². The van der Waals surface area contributed by atoms with Crippen molar-refractivity contribution in [3.05, 3.63) is 59.7 Å². The van der Waals surface area contributed by atoms with Crippen molar-refractivity contribution in [2.24, 2.45) is 0 Å². The lowest BCUT2D eigenvalue weighted by Gasteiger charge is -2.31. The van der Waals surface area contributed by atoms with E-state index in [9.17, 15) is 0 Å². The van der Waals surface area contributed by atoms with Gasteiger partial charge in [-0.05, 0) is 31.0 Å². The van der Waals surface area contributed by atoms with Crippen molar-refractivity contribution in [3.63, 3.8) is 0 Å². The number of aromatic amines is 1. The highest BCUT2D eigenvalue weighted by Crippen LogP contribution is 2.38. The maximum atomic E-state index is 4.98. The maximum absolute atomic E-state index is 4.98. The van der Waals surface area contributed by atoms with Crippen LogP contribution in [0.5, 0.6) is 0 Å². The van der Waals surface area contributed by atoms with Crippen LogP contribution in [0.15, 0.2) is 36.8 Å². The molecule has 4 aromatic heterocycles. The number of fused-ring (bicyclic) bond motifs is 2. The topological polar surface area (TPSA) is 67.3 Å². The smallest absolute Gasteiger partial charge is 0.112 e. The first kappa shape index (κ1) is 25.3. The Kier molecular flexibility index (Phi) is 6.06. The molecule has 0 fully saturated rings. The van der Waals surface area contributed by atoms with E-state index < -0.39 is 0 Å². The highest BCUT2D eigenvalue weighted by molar-refractivity contribution is 5.85. The molecule has 4 rings (SSSR count). The van der Waals surface area contributed by atoms with Crippen molar-refractivity contribution in [2.45, 2.75) is 104 Å². The average Bonchev–Trinajstić information content (AvgIpc) is 3.21. The largest absolute Gasteiger partial charge is 0.341 e. The third-order valence-corrected chi connectivity index (χ3v) is 7.18. The summed E-state index contributed by atoms with van der Waals surface area (Å²) in [6, 6.07) is 6.35. The summed E-state index contributed by atoms with van der Waals surface area (Å²) in [4.78, 5) is 22.9. The zero-order valence-corrected chi connectivity index (χ0v) is 23.2. The van der Waals surface area contributed by atoms with E-state index in [1.807, 2.05) is 24.7 Å². The third kappa shape index (κ3) is 4.96. The number of aromatic nitrogens is 5. The molecule has 1 N–H and O–H groups in total. The highest BCUT2D eigenvalue weighted by Gasteiger charge is 2.32. The van der Waals surface area contributed by atoms with Crippen molar-refractivity contribution < 1.29 is 0 Å². The van der Waals surface area contributed by atoms with Gasteiger partial charge in [0, 0.05) is 56.7 Å². The zero-order valence-electron chi connectivity index (χ0n) is 23.2. The van der Waals surface area contributed by atoms with Crippen LogP contribution in [-0.2, 0) is 21.7 Å². The molecule has 0 aliphatic heterocycles. The molecule has 35 heavy (non-hydrogen) atoms. The summed E-state index contributed by atoms with van der Waals surface area (Å²) in [5.41, 5.74) is 5.07. The van der Waals surface area contributed by atoms with E-state index in [2.05, 4.69) is 86.4 Å². The van der Waals surface area contributed by atoms with E-state index in [1.54, 1.807) is 0 Å². The summed E-state index contributed by atoms with van der Waals surface area (Å²) in [6.07, 6.45) is 7.77. The number of nitrogens with one attached hydrogen (secondary N) is 1. The number of H-pyrrole nitrogens is 1. The zero-order chi connectivity index (χ0) is 25.8. The first-order chi connectivity index (χ1) is 16.1.